The molecule has 1 aliphatic rings. The summed E-state index contributed by atoms with van der Waals surface area (Å²) in [6.45, 7) is 0.576. The Morgan fingerprint density at radius 3 is 2.88 bits per heavy atom. The first-order valence-corrected chi connectivity index (χ1v) is 7.00. The van der Waals surface area contributed by atoms with Crippen molar-refractivity contribution in [3.8, 4) is 0 Å². The molecule has 0 aliphatic carbocycles. The summed E-state index contributed by atoms with van der Waals surface area (Å²) in [5.74, 6) is -0.506. The van der Waals surface area contributed by atoms with Gasteiger partial charge in [0.15, 0.2) is 9.84 Å². The van der Waals surface area contributed by atoms with Crippen molar-refractivity contribution >= 4 is 15.5 Å². The molecular formula is C11H15FN2O2S. The number of hydrogen-bond donors (Lipinski definition) is 1. The predicted octanol–water partition coefficient (Wildman–Crippen LogP) is 0.637. The average Bonchev–Trinajstić information content (AvgIpc) is 2.26. The zero-order valence-electron chi connectivity index (χ0n) is 9.77. The van der Waals surface area contributed by atoms with Crippen LogP contribution in [0.2, 0.25) is 0 Å². The van der Waals surface area contributed by atoms with Crippen LogP contribution in [0.15, 0.2) is 23.1 Å². The van der Waals surface area contributed by atoms with Crippen molar-refractivity contribution in [2.45, 2.75) is 10.9 Å². The number of sulfone groups is 1. The lowest BCUT2D eigenvalue weighted by molar-refractivity contribution is 0.556. The fourth-order valence-corrected chi connectivity index (χ4v) is 3.96. The van der Waals surface area contributed by atoms with E-state index in [9.17, 15) is 12.8 Å². The third-order valence-electron chi connectivity index (χ3n) is 3.04. The highest BCUT2D eigenvalue weighted by Gasteiger charge is 2.33. The van der Waals surface area contributed by atoms with E-state index in [4.69, 9.17) is 0 Å². The standard InChI is InChI=1S/C11H15FN2O2S/c1-13-6-9-7-17(15,16)11-5-8(12)3-4-10(11)14(9)2/h3-5,9,13H,6-7H2,1-2H3. The highest BCUT2D eigenvalue weighted by atomic mass is 32.2. The number of anilines is 1. The molecule has 1 aromatic rings. The summed E-state index contributed by atoms with van der Waals surface area (Å²) in [5.41, 5.74) is 0.568. The van der Waals surface area contributed by atoms with E-state index >= 15 is 0 Å². The molecule has 0 bridgehead atoms. The van der Waals surface area contributed by atoms with E-state index < -0.39 is 15.7 Å². The van der Waals surface area contributed by atoms with Crippen LogP contribution in [0.1, 0.15) is 0 Å². The maximum absolute atomic E-state index is 13.1. The minimum Gasteiger partial charge on any atom is -0.368 e. The Hall–Kier alpha value is -1.14. The molecule has 0 amide bonds. The Bertz CT molecular complexity index is 530. The lowest BCUT2D eigenvalue weighted by Gasteiger charge is -2.35. The minimum absolute atomic E-state index is 0.0147. The molecule has 6 heteroatoms. The van der Waals surface area contributed by atoms with E-state index in [1.165, 1.54) is 12.1 Å². The second-order valence-electron chi connectivity index (χ2n) is 4.22. The number of likely N-dealkylation sites (N-methyl/N-ethyl adjacent to an activating group) is 2. The SMILES string of the molecule is CNCC1CS(=O)(=O)c2cc(F)ccc2N1C. The van der Waals surface area contributed by atoms with Crippen molar-refractivity contribution in [2.75, 3.05) is 31.3 Å². The van der Waals surface area contributed by atoms with Gasteiger partial charge in [-0.2, -0.15) is 0 Å². The van der Waals surface area contributed by atoms with Crippen molar-refractivity contribution in [1.82, 2.24) is 5.32 Å². The van der Waals surface area contributed by atoms with Gasteiger partial charge in [-0.1, -0.05) is 0 Å². The smallest absolute Gasteiger partial charge is 0.182 e. The van der Waals surface area contributed by atoms with Gasteiger partial charge in [0.2, 0.25) is 0 Å². The molecule has 1 unspecified atom stereocenters. The summed E-state index contributed by atoms with van der Waals surface area (Å²) in [7, 11) is 0.215. The summed E-state index contributed by atoms with van der Waals surface area (Å²) < 4.78 is 37.2. The van der Waals surface area contributed by atoms with Crippen molar-refractivity contribution in [1.29, 1.82) is 0 Å². The number of nitrogens with zero attached hydrogens (tertiary/aromatic N) is 1. The van der Waals surface area contributed by atoms with Gasteiger partial charge in [0.25, 0.3) is 0 Å². The van der Waals surface area contributed by atoms with Crippen molar-refractivity contribution in [3.05, 3.63) is 24.0 Å². The largest absolute Gasteiger partial charge is 0.368 e. The van der Waals surface area contributed by atoms with Crippen molar-refractivity contribution in [3.63, 3.8) is 0 Å². The second-order valence-corrected chi connectivity index (χ2v) is 6.22. The highest BCUT2D eigenvalue weighted by molar-refractivity contribution is 7.91. The van der Waals surface area contributed by atoms with Crippen LogP contribution in [0.4, 0.5) is 10.1 Å². The Kier molecular flexibility index (Phi) is 3.09. The van der Waals surface area contributed by atoms with E-state index in [1.807, 2.05) is 11.9 Å². The van der Waals surface area contributed by atoms with E-state index in [0.717, 1.165) is 6.07 Å². The van der Waals surface area contributed by atoms with E-state index in [2.05, 4.69) is 5.32 Å². The average molecular weight is 258 g/mol. The molecule has 0 fully saturated rings. The molecule has 17 heavy (non-hydrogen) atoms. The van der Waals surface area contributed by atoms with Gasteiger partial charge in [-0.25, -0.2) is 12.8 Å². The maximum atomic E-state index is 13.1. The number of nitrogens with one attached hydrogen (secondary N) is 1. The molecule has 0 radical (unpaired) electrons. The molecular weight excluding hydrogens is 243 g/mol. The Morgan fingerprint density at radius 1 is 1.53 bits per heavy atom. The van der Waals surface area contributed by atoms with Crippen LogP contribution in [0.25, 0.3) is 0 Å². The number of fused-ring (bicyclic) bond motifs is 1. The second kappa shape index (κ2) is 4.27. The van der Waals surface area contributed by atoms with Gasteiger partial charge < -0.3 is 10.2 Å². The number of benzene rings is 1. The van der Waals surface area contributed by atoms with Crippen molar-refractivity contribution in [2.24, 2.45) is 0 Å². The van der Waals surface area contributed by atoms with Gasteiger partial charge in [-0.3, -0.25) is 0 Å². The van der Waals surface area contributed by atoms with Crippen LogP contribution in [0.3, 0.4) is 0 Å². The highest BCUT2D eigenvalue weighted by Crippen LogP contribution is 2.32. The molecule has 2 rings (SSSR count). The monoisotopic (exact) mass is 258 g/mol. The lowest BCUT2D eigenvalue weighted by Crippen LogP contribution is -2.47. The van der Waals surface area contributed by atoms with Gasteiger partial charge in [-0.05, 0) is 25.2 Å². The summed E-state index contributed by atoms with van der Waals surface area (Å²) >= 11 is 0. The molecule has 1 atom stereocenters. The third-order valence-corrected chi connectivity index (χ3v) is 4.86. The third kappa shape index (κ3) is 2.14. The normalized spacial score (nSPS) is 22.3. The van der Waals surface area contributed by atoms with Crippen molar-refractivity contribution < 1.29 is 12.8 Å². The zero-order chi connectivity index (χ0) is 12.6. The van der Waals surface area contributed by atoms with Gasteiger partial charge in [-0.15, -0.1) is 0 Å². The van der Waals surface area contributed by atoms with E-state index in [-0.39, 0.29) is 16.7 Å². The van der Waals surface area contributed by atoms with E-state index in [0.29, 0.717) is 12.2 Å². The number of rotatable bonds is 2. The predicted molar refractivity (Wildman–Crippen MR) is 64.6 cm³/mol. The van der Waals surface area contributed by atoms with E-state index in [1.54, 1.807) is 7.05 Å². The summed E-state index contributed by atoms with van der Waals surface area (Å²) in [6.07, 6.45) is 0. The number of halogens is 1. The molecule has 1 N–H and O–H groups in total. The Balaban J connectivity index is 2.53. The molecule has 1 aromatic carbocycles. The lowest BCUT2D eigenvalue weighted by atomic mass is 10.2. The summed E-state index contributed by atoms with van der Waals surface area (Å²) in [5, 5.41) is 2.97. The van der Waals surface area contributed by atoms with Crippen LogP contribution in [0.5, 0.6) is 0 Å². The van der Waals surface area contributed by atoms with Crippen LogP contribution in [-0.2, 0) is 9.84 Å². The fraction of sp³-hybridized carbons (Fsp3) is 0.455. The maximum Gasteiger partial charge on any atom is 0.182 e. The summed E-state index contributed by atoms with van der Waals surface area (Å²) in [4.78, 5) is 1.97. The van der Waals surface area contributed by atoms with Crippen LogP contribution in [-0.4, -0.2) is 40.9 Å². The molecule has 0 aromatic heterocycles. The first kappa shape index (κ1) is 12.3. The van der Waals surface area contributed by atoms with Crippen LogP contribution < -0.4 is 10.2 Å². The van der Waals surface area contributed by atoms with Crippen LogP contribution >= 0.6 is 0 Å². The first-order valence-electron chi connectivity index (χ1n) is 5.35. The quantitative estimate of drug-likeness (QED) is 0.845. The number of hydrogen-bond acceptors (Lipinski definition) is 4. The fourth-order valence-electron chi connectivity index (χ4n) is 2.11. The zero-order valence-corrected chi connectivity index (χ0v) is 10.6. The molecule has 0 saturated carbocycles. The molecule has 0 saturated heterocycles. The first-order chi connectivity index (χ1) is 7.95. The Morgan fingerprint density at radius 2 is 2.24 bits per heavy atom. The molecule has 1 aliphatic heterocycles. The molecule has 4 nitrogen and oxygen atoms in total. The van der Waals surface area contributed by atoms with Gasteiger partial charge in [0.1, 0.15) is 5.82 Å². The Labute approximate surface area is 100 Å². The topological polar surface area (TPSA) is 49.4 Å². The molecule has 0 spiro atoms. The summed E-state index contributed by atoms with van der Waals surface area (Å²) in [6, 6.07) is 3.77. The molecule has 1 heterocycles. The minimum atomic E-state index is -3.39. The van der Waals surface area contributed by atoms with Gasteiger partial charge >= 0.3 is 0 Å². The van der Waals surface area contributed by atoms with Gasteiger partial charge in [0, 0.05) is 13.6 Å². The molecule has 94 valence electrons. The van der Waals surface area contributed by atoms with Crippen LogP contribution in [0, 0.1) is 5.82 Å². The van der Waals surface area contributed by atoms with Gasteiger partial charge in [0.05, 0.1) is 22.4 Å².